The van der Waals surface area contributed by atoms with Crippen LogP contribution in [0.15, 0.2) is 41.3 Å². The second-order valence-corrected chi connectivity index (χ2v) is 4.25. The number of methoxy groups -OCH3 is 1. The van der Waals surface area contributed by atoms with Crippen molar-refractivity contribution in [1.29, 1.82) is 0 Å². The van der Waals surface area contributed by atoms with E-state index < -0.39 is 0 Å². The van der Waals surface area contributed by atoms with E-state index in [1.54, 1.807) is 25.7 Å². The second-order valence-electron chi connectivity index (χ2n) is 3.40. The van der Waals surface area contributed by atoms with Crippen LogP contribution < -0.4 is 10.1 Å². The highest BCUT2D eigenvalue weighted by Gasteiger charge is 2.01. The van der Waals surface area contributed by atoms with Crippen molar-refractivity contribution in [1.82, 2.24) is 9.97 Å². The highest BCUT2D eigenvalue weighted by molar-refractivity contribution is 9.10. The number of benzene rings is 1. The molecule has 0 radical (unpaired) electrons. The van der Waals surface area contributed by atoms with Crippen LogP contribution in [0.25, 0.3) is 0 Å². The Labute approximate surface area is 108 Å². The lowest BCUT2D eigenvalue weighted by atomic mass is 10.3. The molecule has 2 aromatic rings. The Bertz CT molecular complexity index is 490. The molecular formula is C12H12BrN3O. The summed E-state index contributed by atoms with van der Waals surface area (Å²) in [5, 5.41) is 3.27. The maximum Gasteiger partial charge on any atom is 0.133 e. The largest absolute Gasteiger partial charge is 0.496 e. The van der Waals surface area contributed by atoms with Crippen LogP contribution in [-0.4, -0.2) is 17.1 Å². The minimum atomic E-state index is 0.645. The van der Waals surface area contributed by atoms with E-state index in [9.17, 15) is 0 Å². The summed E-state index contributed by atoms with van der Waals surface area (Å²) < 4.78 is 6.09. The number of nitrogens with one attached hydrogen (secondary N) is 1. The summed E-state index contributed by atoms with van der Waals surface area (Å²) in [4.78, 5) is 8.20. The van der Waals surface area contributed by atoms with Crippen LogP contribution in [0, 0.1) is 0 Å². The van der Waals surface area contributed by atoms with Gasteiger partial charge in [0, 0.05) is 18.1 Å². The SMILES string of the molecule is COc1ccc(NCc2cnccn2)cc1Br. The fourth-order valence-corrected chi connectivity index (χ4v) is 1.93. The molecule has 1 heterocycles. The molecule has 0 atom stereocenters. The lowest BCUT2D eigenvalue weighted by Crippen LogP contribution is -2.01. The highest BCUT2D eigenvalue weighted by atomic mass is 79.9. The molecule has 0 bridgehead atoms. The van der Waals surface area contributed by atoms with Crippen molar-refractivity contribution in [3.05, 3.63) is 47.0 Å². The molecule has 4 nitrogen and oxygen atoms in total. The molecule has 1 aromatic carbocycles. The van der Waals surface area contributed by atoms with E-state index in [1.807, 2.05) is 18.2 Å². The molecule has 2 rings (SSSR count). The van der Waals surface area contributed by atoms with Gasteiger partial charge in [-0.15, -0.1) is 0 Å². The van der Waals surface area contributed by atoms with Gasteiger partial charge in [-0.2, -0.15) is 0 Å². The molecule has 17 heavy (non-hydrogen) atoms. The fraction of sp³-hybridized carbons (Fsp3) is 0.167. The van der Waals surface area contributed by atoms with Crippen molar-refractivity contribution in [2.24, 2.45) is 0 Å². The maximum atomic E-state index is 5.17. The zero-order chi connectivity index (χ0) is 12.1. The van der Waals surface area contributed by atoms with Crippen LogP contribution in [0.2, 0.25) is 0 Å². The van der Waals surface area contributed by atoms with E-state index in [4.69, 9.17) is 4.74 Å². The Morgan fingerprint density at radius 2 is 2.24 bits per heavy atom. The van der Waals surface area contributed by atoms with Gasteiger partial charge in [-0.25, -0.2) is 0 Å². The molecule has 0 fully saturated rings. The predicted octanol–water partition coefficient (Wildman–Crippen LogP) is 2.86. The van der Waals surface area contributed by atoms with Crippen molar-refractivity contribution < 1.29 is 4.74 Å². The maximum absolute atomic E-state index is 5.17. The Kier molecular flexibility index (Phi) is 3.93. The van der Waals surface area contributed by atoms with Gasteiger partial charge in [0.1, 0.15) is 5.75 Å². The molecule has 0 aliphatic carbocycles. The normalized spacial score (nSPS) is 10.0. The number of ether oxygens (including phenoxy) is 1. The Balaban J connectivity index is 2.02. The van der Waals surface area contributed by atoms with Crippen LogP contribution in [0.3, 0.4) is 0 Å². The summed E-state index contributed by atoms with van der Waals surface area (Å²) in [6, 6.07) is 5.83. The van der Waals surface area contributed by atoms with Gasteiger partial charge < -0.3 is 10.1 Å². The first-order chi connectivity index (χ1) is 8.29. The van der Waals surface area contributed by atoms with Crippen LogP contribution in [-0.2, 0) is 6.54 Å². The van der Waals surface area contributed by atoms with Crippen molar-refractivity contribution in [3.8, 4) is 5.75 Å². The van der Waals surface area contributed by atoms with Crippen molar-refractivity contribution in [2.45, 2.75) is 6.54 Å². The summed E-state index contributed by atoms with van der Waals surface area (Å²) in [7, 11) is 1.65. The molecule has 1 aromatic heterocycles. The topological polar surface area (TPSA) is 47.0 Å². The molecule has 0 unspecified atom stereocenters. The van der Waals surface area contributed by atoms with E-state index in [1.165, 1.54) is 0 Å². The molecule has 0 aliphatic rings. The van der Waals surface area contributed by atoms with Crippen LogP contribution in [0.1, 0.15) is 5.69 Å². The van der Waals surface area contributed by atoms with Gasteiger partial charge in [0.15, 0.2) is 0 Å². The number of hydrogen-bond donors (Lipinski definition) is 1. The van der Waals surface area contributed by atoms with Crippen molar-refractivity contribution in [2.75, 3.05) is 12.4 Å². The molecule has 88 valence electrons. The Morgan fingerprint density at radius 3 is 2.88 bits per heavy atom. The number of hydrogen-bond acceptors (Lipinski definition) is 4. The molecule has 0 saturated carbocycles. The van der Waals surface area contributed by atoms with Crippen molar-refractivity contribution in [3.63, 3.8) is 0 Å². The Morgan fingerprint density at radius 1 is 1.35 bits per heavy atom. The van der Waals surface area contributed by atoms with E-state index in [0.29, 0.717) is 6.54 Å². The van der Waals surface area contributed by atoms with Crippen molar-refractivity contribution >= 4 is 21.6 Å². The number of aromatic nitrogens is 2. The molecule has 0 amide bonds. The minimum Gasteiger partial charge on any atom is -0.496 e. The molecule has 5 heteroatoms. The van der Waals surface area contributed by atoms with E-state index in [-0.39, 0.29) is 0 Å². The third kappa shape index (κ3) is 3.17. The lowest BCUT2D eigenvalue weighted by Gasteiger charge is -2.08. The summed E-state index contributed by atoms with van der Waals surface area (Å²) in [5.41, 5.74) is 1.91. The van der Waals surface area contributed by atoms with Gasteiger partial charge >= 0.3 is 0 Å². The van der Waals surface area contributed by atoms with Crippen LogP contribution in [0.4, 0.5) is 5.69 Å². The van der Waals surface area contributed by atoms with Crippen LogP contribution in [0.5, 0.6) is 5.75 Å². The highest BCUT2D eigenvalue weighted by Crippen LogP contribution is 2.27. The average molecular weight is 294 g/mol. The quantitative estimate of drug-likeness (QED) is 0.942. The number of anilines is 1. The average Bonchev–Trinajstić information content (AvgIpc) is 2.38. The zero-order valence-corrected chi connectivity index (χ0v) is 10.9. The fourth-order valence-electron chi connectivity index (χ4n) is 1.39. The van der Waals surface area contributed by atoms with E-state index >= 15 is 0 Å². The summed E-state index contributed by atoms with van der Waals surface area (Å²) in [5.74, 6) is 0.815. The molecular weight excluding hydrogens is 282 g/mol. The first-order valence-electron chi connectivity index (χ1n) is 5.12. The first-order valence-corrected chi connectivity index (χ1v) is 5.91. The van der Waals surface area contributed by atoms with Gasteiger partial charge in [0.2, 0.25) is 0 Å². The molecule has 0 aliphatic heterocycles. The standard InChI is InChI=1S/C12H12BrN3O/c1-17-12-3-2-9(6-11(12)13)16-8-10-7-14-4-5-15-10/h2-7,16H,8H2,1H3. The number of rotatable bonds is 4. The van der Waals surface area contributed by atoms with Gasteiger partial charge in [0.05, 0.1) is 30.0 Å². The summed E-state index contributed by atoms with van der Waals surface area (Å²) >= 11 is 3.44. The molecule has 0 saturated heterocycles. The first kappa shape index (κ1) is 11.9. The lowest BCUT2D eigenvalue weighted by molar-refractivity contribution is 0.412. The van der Waals surface area contributed by atoms with Crippen LogP contribution >= 0.6 is 15.9 Å². The molecule has 0 spiro atoms. The predicted molar refractivity (Wildman–Crippen MR) is 70.1 cm³/mol. The third-order valence-electron chi connectivity index (χ3n) is 2.24. The smallest absolute Gasteiger partial charge is 0.133 e. The van der Waals surface area contributed by atoms with E-state index in [0.717, 1.165) is 21.6 Å². The second kappa shape index (κ2) is 5.63. The Hall–Kier alpha value is -1.62. The monoisotopic (exact) mass is 293 g/mol. The molecule has 1 N–H and O–H groups in total. The number of halogens is 1. The number of nitrogens with zero attached hydrogens (tertiary/aromatic N) is 2. The van der Waals surface area contributed by atoms with Gasteiger partial charge in [0.25, 0.3) is 0 Å². The zero-order valence-electron chi connectivity index (χ0n) is 9.35. The summed E-state index contributed by atoms with van der Waals surface area (Å²) in [6.07, 6.45) is 5.08. The van der Waals surface area contributed by atoms with Gasteiger partial charge in [-0.05, 0) is 34.1 Å². The van der Waals surface area contributed by atoms with Gasteiger partial charge in [-0.1, -0.05) is 0 Å². The minimum absolute atomic E-state index is 0.645. The third-order valence-corrected chi connectivity index (χ3v) is 2.86. The van der Waals surface area contributed by atoms with Gasteiger partial charge in [-0.3, -0.25) is 9.97 Å². The van der Waals surface area contributed by atoms with E-state index in [2.05, 4.69) is 31.2 Å². The summed E-state index contributed by atoms with van der Waals surface area (Å²) in [6.45, 7) is 0.645.